The van der Waals surface area contributed by atoms with Crippen LogP contribution < -0.4 is 5.73 Å². The molecule has 96 valence electrons. The lowest BCUT2D eigenvalue weighted by atomic mass is 9.96. The molecule has 1 aromatic rings. The minimum Gasteiger partial charge on any atom is -0.327 e. The maximum Gasteiger partial charge on any atom is 0.0596 e. The van der Waals surface area contributed by atoms with Gasteiger partial charge in [0.05, 0.1) is 5.69 Å². The van der Waals surface area contributed by atoms with Gasteiger partial charge >= 0.3 is 0 Å². The van der Waals surface area contributed by atoms with Crippen molar-refractivity contribution < 1.29 is 0 Å². The van der Waals surface area contributed by atoms with Gasteiger partial charge in [0.25, 0.3) is 0 Å². The van der Waals surface area contributed by atoms with E-state index in [-0.39, 0.29) is 0 Å². The lowest BCUT2D eigenvalue weighted by Gasteiger charge is -2.16. The van der Waals surface area contributed by atoms with Crippen LogP contribution in [0.1, 0.15) is 50.4 Å². The van der Waals surface area contributed by atoms with E-state index < -0.39 is 0 Å². The molecule has 1 saturated carbocycles. The van der Waals surface area contributed by atoms with Gasteiger partial charge in [0.2, 0.25) is 0 Å². The number of rotatable bonds is 5. The Kier molecular flexibility index (Phi) is 4.21. The normalized spacial score (nSPS) is 18.8. The molecule has 1 atom stereocenters. The molecule has 1 aromatic heterocycles. The maximum atomic E-state index is 6.28. The van der Waals surface area contributed by atoms with Gasteiger partial charge in [-0.2, -0.15) is 5.10 Å². The van der Waals surface area contributed by atoms with E-state index in [1.165, 1.54) is 37.8 Å². The van der Waals surface area contributed by atoms with E-state index in [9.17, 15) is 0 Å². The summed E-state index contributed by atoms with van der Waals surface area (Å²) >= 11 is 0. The molecular weight excluding hydrogens is 210 g/mol. The van der Waals surface area contributed by atoms with Crippen LogP contribution in [0.25, 0.3) is 0 Å². The zero-order valence-corrected chi connectivity index (χ0v) is 11.2. The SMILES string of the molecule is CCn1nc(C)cc1CC(N)CC1CCCC1. The minimum absolute atomic E-state index is 0.305. The van der Waals surface area contributed by atoms with Gasteiger partial charge in [-0.1, -0.05) is 25.7 Å². The summed E-state index contributed by atoms with van der Waals surface area (Å²) in [6, 6.07) is 2.48. The van der Waals surface area contributed by atoms with Crippen molar-refractivity contribution in [3.63, 3.8) is 0 Å². The number of nitrogens with two attached hydrogens (primary N) is 1. The summed E-state index contributed by atoms with van der Waals surface area (Å²) in [5.74, 6) is 0.879. The third-order valence-corrected chi connectivity index (χ3v) is 3.87. The molecule has 0 bridgehead atoms. The molecule has 1 aliphatic rings. The molecule has 0 amide bonds. The third-order valence-electron chi connectivity index (χ3n) is 3.87. The molecule has 0 aliphatic heterocycles. The van der Waals surface area contributed by atoms with Crippen LogP contribution in [-0.2, 0) is 13.0 Å². The first-order valence-corrected chi connectivity index (χ1v) is 6.98. The van der Waals surface area contributed by atoms with Gasteiger partial charge in [-0.3, -0.25) is 4.68 Å². The van der Waals surface area contributed by atoms with Crippen LogP contribution in [-0.4, -0.2) is 15.8 Å². The lowest BCUT2D eigenvalue weighted by molar-refractivity contribution is 0.432. The monoisotopic (exact) mass is 235 g/mol. The molecule has 0 radical (unpaired) electrons. The molecule has 0 aromatic carbocycles. The van der Waals surface area contributed by atoms with Crippen LogP contribution in [0, 0.1) is 12.8 Å². The fraction of sp³-hybridized carbons (Fsp3) is 0.786. The van der Waals surface area contributed by atoms with E-state index in [2.05, 4.69) is 29.7 Å². The highest BCUT2D eigenvalue weighted by Crippen LogP contribution is 2.28. The predicted octanol–water partition coefficient (Wildman–Crippen LogP) is 2.66. The first kappa shape index (κ1) is 12.6. The Labute approximate surface area is 104 Å². The average Bonchev–Trinajstić information content (AvgIpc) is 2.88. The Morgan fingerprint density at radius 2 is 2.18 bits per heavy atom. The van der Waals surface area contributed by atoms with Crippen molar-refractivity contribution in [3.8, 4) is 0 Å². The Morgan fingerprint density at radius 1 is 1.47 bits per heavy atom. The topological polar surface area (TPSA) is 43.8 Å². The van der Waals surface area contributed by atoms with E-state index in [1.807, 2.05) is 0 Å². The second-order valence-corrected chi connectivity index (χ2v) is 5.44. The highest BCUT2D eigenvalue weighted by Gasteiger charge is 2.19. The highest BCUT2D eigenvalue weighted by molar-refractivity contribution is 5.10. The molecule has 1 unspecified atom stereocenters. The summed E-state index contributed by atoms with van der Waals surface area (Å²) in [5.41, 5.74) is 8.69. The van der Waals surface area contributed by atoms with Crippen molar-refractivity contribution in [2.75, 3.05) is 0 Å². The van der Waals surface area contributed by atoms with Gasteiger partial charge < -0.3 is 5.73 Å². The third kappa shape index (κ3) is 3.32. The first-order chi connectivity index (χ1) is 8.19. The second kappa shape index (κ2) is 5.67. The molecular formula is C14H25N3. The summed E-state index contributed by atoms with van der Waals surface area (Å²) < 4.78 is 2.09. The van der Waals surface area contributed by atoms with Crippen LogP contribution in [0.2, 0.25) is 0 Å². The van der Waals surface area contributed by atoms with Crippen LogP contribution >= 0.6 is 0 Å². The van der Waals surface area contributed by atoms with Crippen molar-refractivity contribution in [2.45, 2.75) is 65.0 Å². The van der Waals surface area contributed by atoms with Crippen molar-refractivity contribution in [1.82, 2.24) is 9.78 Å². The van der Waals surface area contributed by atoms with Gasteiger partial charge in [-0.25, -0.2) is 0 Å². The van der Waals surface area contributed by atoms with Gasteiger partial charge in [0.15, 0.2) is 0 Å². The van der Waals surface area contributed by atoms with E-state index in [4.69, 9.17) is 5.73 Å². The molecule has 0 spiro atoms. The fourth-order valence-electron chi connectivity index (χ4n) is 3.06. The van der Waals surface area contributed by atoms with Crippen molar-refractivity contribution in [1.29, 1.82) is 0 Å². The first-order valence-electron chi connectivity index (χ1n) is 6.98. The average molecular weight is 235 g/mol. The smallest absolute Gasteiger partial charge is 0.0596 e. The maximum absolute atomic E-state index is 6.28. The Hall–Kier alpha value is -0.830. The Balaban J connectivity index is 1.90. The number of aromatic nitrogens is 2. The summed E-state index contributed by atoms with van der Waals surface area (Å²) in [6.45, 7) is 5.13. The second-order valence-electron chi connectivity index (χ2n) is 5.44. The predicted molar refractivity (Wildman–Crippen MR) is 70.9 cm³/mol. The molecule has 17 heavy (non-hydrogen) atoms. The summed E-state index contributed by atoms with van der Waals surface area (Å²) in [5, 5.41) is 4.48. The fourth-order valence-corrected chi connectivity index (χ4v) is 3.06. The Morgan fingerprint density at radius 3 is 2.82 bits per heavy atom. The van der Waals surface area contributed by atoms with Crippen LogP contribution in [0.4, 0.5) is 0 Å². The summed E-state index contributed by atoms with van der Waals surface area (Å²) in [4.78, 5) is 0. The quantitative estimate of drug-likeness (QED) is 0.852. The summed E-state index contributed by atoms with van der Waals surface area (Å²) in [7, 11) is 0. The van der Waals surface area contributed by atoms with Gasteiger partial charge in [-0.05, 0) is 32.3 Å². The Bertz CT molecular complexity index is 350. The molecule has 1 heterocycles. The largest absolute Gasteiger partial charge is 0.327 e. The van der Waals surface area contributed by atoms with Crippen LogP contribution in [0.3, 0.4) is 0 Å². The highest BCUT2D eigenvalue weighted by atomic mass is 15.3. The van der Waals surface area contributed by atoms with Crippen molar-refractivity contribution in [3.05, 3.63) is 17.5 Å². The van der Waals surface area contributed by atoms with Crippen LogP contribution in [0.15, 0.2) is 6.07 Å². The molecule has 0 saturated heterocycles. The number of aryl methyl sites for hydroxylation is 2. The van der Waals surface area contributed by atoms with Gasteiger partial charge in [0.1, 0.15) is 0 Å². The van der Waals surface area contributed by atoms with Gasteiger partial charge in [0, 0.05) is 24.7 Å². The van der Waals surface area contributed by atoms with E-state index in [0.717, 1.165) is 24.6 Å². The molecule has 2 rings (SSSR count). The molecule has 3 nitrogen and oxygen atoms in total. The van der Waals surface area contributed by atoms with Crippen molar-refractivity contribution >= 4 is 0 Å². The zero-order valence-electron chi connectivity index (χ0n) is 11.2. The number of hydrogen-bond acceptors (Lipinski definition) is 2. The summed E-state index contributed by atoms with van der Waals surface area (Å²) in [6.07, 6.45) is 7.76. The molecule has 2 N–H and O–H groups in total. The van der Waals surface area contributed by atoms with Crippen LogP contribution in [0.5, 0.6) is 0 Å². The molecule has 3 heteroatoms. The van der Waals surface area contributed by atoms with Crippen molar-refractivity contribution in [2.24, 2.45) is 11.7 Å². The molecule has 1 aliphatic carbocycles. The molecule has 1 fully saturated rings. The lowest BCUT2D eigenvalue weighted by Crippen LogP contribution is -2.26. The van der Waals surface area contributed by atoms with E-state index in [0.29, 0.717) is 6.04 Å². The standard InChI is InChI=1S/C14H25N3/c1-3-17-14(8-11(2)16-17)10-13(15)9-12-6-4-5-7-12/h8,12-13H,3-7,9-10,15H2,1-2H3. The van der Waals surface area contributed by atoms with E-state index in [1.54, 1.807) is 0 Å². The number of nitrogens with zero attached hydrogens (tertiary/aromatic N) is 2. The minimum atomic E-state index is 0.305. The van der Waals surface area contributed by atoms with Gasteiger partial charge in [-0.15, -0.1) is 0 Å². The zero-order chi connectivity index (χ0) is 12.3. The number of hydrogen-bond donors (Lipinski definition) is 1. The van der Waals surface area contributed by atoms with E-state index >= 15 is 0 Å².